The standard InChI is InChI=1S/C18H24FNO/c1-4-13(2)14(3)20(17-10-11-17)18(21)12-7-15-5-8-16(19)9-6-15/h5-9,12-14,17H,4,10-11H2,1-3H3/b12-7+. The molecule has 2 unspecified atom stereocenters. The molecule has 1 aliphatic rings. The molecule has 21 heavy (non-hydrogen) atoms. The van der Waals surface area contributed by atoms with E-state index in [1.54, 1.807) is 24.3 Å². The van der Waals surface area contributed by atoms with E-state index in [0.29, 0.717) is 12.0 Å². The van der Waals surface area contributed by atoms with Crippen LogP contribution in [0.25, 0.3) is 6.08 Å². The highest BCUT2D eigenvalue weighted by molar-refractivity contribution is 5.92. The molecule has 1 amide bonds. The van der Waals surface area contributed by atoms with Gasteiger partial charge in [-0.25, -0.2) is 4.39 Å². The average Bonchev–Trinajstić information content (AvgIpc) is 3.30. The van der Waals surface area contributed by atoms with Gasteiger partial charge in [-0.15, -0.1) is 0 Å². The van der Waals surface area contributed by atoms with Gasteiger partial charge < -0.3 is 4.90 Å². The fourth-order valence-corrected chi connectivity index (χ4v) is 2.51. The van der Waals surface area contributed by atoms with E-state index in [9.17, 15) is 9.18 Å². The van der Waals surface area contributed by atoms with E-state index < -0.39 is 0 Å². The molecular weight excluding hydrogens is 265 g/mol. The normalized spacial score (nSPS) is 17.7. The van der Waals surface area contributed by atoms with Gasteiger partial charge in [0.2, 0.25) is 5.91 Å². The van der Waals surface area contributed by atoms with Crippen molar-refractivity contribution >= 4 is 12.0 Å². The van der Waals surface area contributed by atoms with Crippen molar-refractivity contribution in [3.63, 3.8) is 0 Å². The lowest BCUT2D eigenvalue weighted by Crippen LogP contribution is -2.42. The van der Waals surface area contributed by atoms with E-state index in [-0.39, 0.29) is 17.8 Å². The first-order valence-electron chi connectivity index (χ1n) is 7.79. The molecule has 2 atom stereocenters. The van der Waals surface area contributed by atoms with Crippen LogP contribution in [0, 0.1) is 11.7 Å². The lowest BCUT2D eigenvalue weighted by molar-refractivity contribution is -0.129. The SMILES string of the molecule is CCC(C)C(C)N(C(=O)/C=C/c1ccc(F)cc1)C1CC1. The molecule has 0 aromatic heterocycles. The van der Waals surface area contributed by atoms with E-state index in [0.717, 1.165) is 24.8 Å². The Hall–Kier alpha value is -1.64. The molecule has 114 valence electrons. The van der Waals surface area contributed by atoms with Crippen molar-refractivity contribution in [3.05, 3.63) is 41.7 Å². The van der Waals surface area contributed by atoms with E-state index in [2.05, 4.69) is 20.8 Å². The number of carbonyl (C=O) groups excluding carboxylic acids is 1. The zero-order chi connectivity index (χ0) is 15.4. The van der Waals surface area contributed by atoms with Crippen molar-refractivity contribution in [3.8, 4) is 0 Å². The average molecular weight is 289 g/mol. The third kappa shape index (κ3) is 4.16. The monoisotopic (exact) mass is 289 g/mol. The second kappa shape index (κ2) is 6.88. The molecule has 2 nitrogen and oxygen atoms in total. The highest BCUT2D eigenvalue weighted by atomic mass is 19.1. The molecular formula is C18H24FNO. The second-order valence-electron chi connectivity index (χ2n) is 5.99. The van der Waals surface area contributed by atoms with Gasteiger partial charge in [0.25, 0.3) is 0 Å². The van der Waals surface area contributed by atoms with Crippen LogP contribution in [0.3, 0.4) is 0 Å². The summed E-state index contributed by atoms with van der Waals surface area (Å²) < 4.78 is 12.9. The largest absolute Gasteiger partial charge is 0.333 e. The lowest BCUT2D eigenvalue weighted by Gasteiger charge is -2.32. The molecule has 0 bridgehead atoms. The summed E-state index contributed by atoms with van der Waals surface area (Å²) in [5.74, 6) is 0.298. The lowest BCUT2D eigenvalue weighted by atomic mass is 9.99. The molecule has 0 radical (unpaired) electrons. The molecule has 1 aliphatic carbocycles. The van der Waals surface area contributed by atoms with Crippen LogP contribution in [0.4, 0.5) is 4.39 Å². The van der Waals surface area contributed by atoms with Crippen LogP contribution < -0.4 is 0 Å². The van der Waals surface area contributed by atoms with Gasteiger partial charge in [0.15, 0.2) is 0 Å². The summed E-state index contributed by atoms with van der Waals surface area (Å²) >= 11 is 0. The number of carbonyl (C=O) groups is 1. The van der Waals surface area contributed by atoms with Crippen molar-refractivity contribution in [2.24, 2.45) is 5.92 Å². The van der Waals surface area contributed by atoms with Gasteiger partial charge in [-0.1, -0.05) is 32.4 Å². The van der Waals surface area contributed by atoms with Gasteiger partial charge in [-0.2, -0.15) is 0 Å². The van der Waals surface area contributed by atoms with Crippen LogP contribution in [0.5, 0.6) is 0 Å². The number of amides is 1. The Morgan fingerprint density at radius 1 is 1.33 bits per heavy atom. The predicted molar refractivity (Wildman–Crippen MR) is 84.2 cm³/mol. The topological polar surface area (TPSA) is 20.3 Å². The Kier molecular flexibility index (Phi) is 5.16. The van der Waals surface area contributed by atoms with Crippen LogP contribution >= 0.6 is 0 Å². The highest BCUT2D eigenvalue weighted by Crippen LogP contribution is 2.31. The minimum absolute atomic E-state index is 0.0645. The van der Waals surface area contributed by atoms with E-state index in [1.807, 2.05) is 4.90 Å². The number of halogens is 1. The van der Waals surface area contributed by atoms with Crippen molar-refractivity contribution in [1.29, 1.82) is 0 Å². The fraction of sp³-hybridized carbons (Fsp3) is 0.500. The van der Waals surface area contributed by atoms with Crippen molar-refractivity contribution in [2.75, 3.05) is 0 Å². The summed E-state index contributed by atoms with van der Waals surface area (Å²) in [5, 5.41) is 0. The first-order valence-corrected chi connectivity index (χ1v) is 7.79. The summed E-state index contributed by atoms with van der Waals surface area (Å²) in [5.41, 5.74) is 0.844. The fourth-order valence-electron chi connectivity index (χ4n) is 2.51. The summed E-state index contributed by atoms with van der Waals surface area (Å²) in [6, 6.07) is 6.83. The summed E-state index contributed by atoms with van der Waals surface area (Å²) in [6.07, 6.45) is 6.66. The maximum absolute atomic E-state index is 12.9. The Morgan fingerprint density at radius 2 is 1.95 bits per heavy atom. The van der Waals surface area contributed by atoms with Crippen LogP contribution in [0.1, 0.15) is 45.6 Å². The first kappa shape index (κ1) is 15.7. The van der Waals surface area contributed by atoms with Gasteiger partial charge in [0.1, 0.15) is 5.82 Å². The Bertz CT molecular complexity index is 504. The van der Waals surface area contributed by atoms with Gasteiger partial charge in [-0.05, 0) is 49.5 Å². The van der Waals surface area contributed by atoms with Crippen molar-refractivity contribution < 1.29 is 9.18 Å². The van der Waals surface area contributed by atoms with E-state index in [4.69, 9.17) is 0 Å². The molecule has 1 aromatic rings. The summed E-state index contributed by atoms with van der Waals surface area (Å²) in [7, 11) is 0. The third-order valence-corrected chi connectivity index (χ3v) is 4.39. The smallest absolute Gasteiger partial charge is 0.247 e. The number of nitrogens with zero attached hydrogens (tertiary/aromatic N) is 1. The Balaban J connectivity index is 2.06. The quantitative estimate of drug-likeness (QED) is 0.716. The van der Waals surface area contributed by atoms with Crippen LogP contribution in [-0.4, -0.2) is 22.9 Å². The van der Waals surface area contributed by atoms with E-state index in [1.165, 1.54) is 12.1 Å². The van der Waals surface area contributed by atoms with Gasteiger partial charge in [-0.3, -0.25) is 4.79 Å². The molecule has 0 N–H and O–H groups in total. The first-order chi connectivity index (χ1) is 10.0. The Morgan fingerprint density at radius 3 is 2.48 bits per heavy atom. The molecule has 3 heteroatoms. The van der Waals surface area contributed by atoms with Gasteiger partial charge in [0.05, 0.1) is 0 Å². The van der Waals surface area contributed by atoms with Crippen LogP contribution in [0.2, 0.25) is 0 Å². The van der Waals surface area contributed by atoms with Crippen molar-refractivity contribution in [1.82, 2.24) is 4.90 Å². The molecule has 2 rings (SSSR count). The summed E-state index contributed by atoms with van der Waals surface area (Å²) in [4.78, 5) is 14.5. The zero-order valence-electron chi connectivity index (χ0n) is 13.1. The zero-order valence-corrected chi connectivity index (χ0v) is 13.1. The summed E-state index contributed by atoms with van der Waals surface area (Å²) in [6.45, 7) is 6.48. The van der Waals surface area contributed by atoms with Crippen LogP contribution in [-0.2, 0) is 4.79 Å². The maximum atomic E-state index is 12.9. The maximum Gasteiger partial charge on any atom is 0.247 e. The third-order valence-electron chi connectivity index (χ3n) is 4.39. The number of hydrogen-bond acceptors (Lipinski definition) is 1. The minimum Gasteiger partial charge on any atom is -0.333 e. The van der Waals surface area contributed by atoms with Gasteiger partial charge in [0, 0.05) is 18.2 Å². The molecule has 1 aromatic carbocycles. The molecule has 1 saturated carbocycles. The number of benzene rings is 1. The molecule has 0 aliphatic heterocycles. The van der Waals surface area contributed by atoms with Gasteiger partial charge >= 0.3 is 0 Å². The molecule has 1 fully saturated rings. The predicted octanol–water partition coefficient (Wildman–Crippen LogP) is 4.26. The number of hydrogen-bond donors (Lipinski definition) is 0. The number of rotatable bonds is 6. The highest BCUT2D eigenvalue weighted by Gasteiger charge is 2.36. The van der Waals surface area contributed by atoms with E-state index >= 15 is 0 Å². The Labute approximate surface area is 126 Å². The minimum atomic E-state index is -0.261. The van der Waals surface area contributed by atoms with Crippen molar-refractivity contribution in [2.45, 2.75) is 52.1 Å². The molecule has 0 spiro atoms. The van der Waals surface area contributed by atoms with Crippen LogP contribution in [0.15, 0.2) is 30.3 Å². The molecule has 0 saturated heterocycles. The second-order valence-corrected chi connectivity index (χ2v) is 5.99. The molecule has 0 heterocycles.